The van der Waals surface area contributed by atoms with E-state index in [0.717, 1.165) is 34.5 Å². The van der Waals surface area contributed by atoms with Crippen molar-refractivity contribution in [2.75, 3.05) is 10.7 Å². The Morgan fingerprint density at radius 1 is 1.07 bits per heavy atom. The van der Waals surface area contributed by atoms with Crippen LogP contribution >= 0.6 is 11.8 Å². The number of hydrogen-bond donors (Lipinski definition) is 1. The molecule has 1 fully saturated rings. The first-order valence-electron chi connectivity index (χ1n) is 13.1. The first kappa shape index (κ1) is 38.2. The average molecular weight is 1130 g/mol. The van der Waals surface area contributed by atoms with E-state index < -0.39 is 30.1 Å². The van der Waals surface area contributed by atoms with Gasteiger partial charge < -0.3 is 27.6 Å². The van der Waals surface area contributed by atoms with Crippen molar-refractivity contribution in [2.24, 2.45) is 5.10 Å². The van der Waals surface area contributed by atoms with Gasteiger partial charge in [0.25, 0.3) is 0 Å². The van der Waals surface area contributed by atoms with Crippen LogP contribution in [0.1, 0.15) is 36.6 Å². The largest absolute Gasteiger partial charge is 0.458 e. The molecule has 0 radical (unpaired) electrons. The molecule has 6 rings (SSSR count). The van der Waals surface area contributed by atoms with Gasteiger partial charge in [0.1, 0.15) is 12.1 Å². The fourth-order valence-corrected chi connectivity index (χ4v) is 6.66. The number of aromatic nitrogens is 3. The van der Waals surface area contributed by atoms with Gasteiger partial charge in [-0.2, -0.15) is 11.8 Å². The number of nitrogens with zero attached hydrogens (tertiary/aromatic N) is 6. The fraction of sp³-hybridized carbons (Fsp3) is 0.233. The zero-order chi connectivity index (χ0) is 29.6. The smallest absolute Gasteiger partial charge is 0.181 e. The van der Waals surface area contributed by atoms with Gasteiger partial charge in [-0.3, -0.25) is 5.01 Å². The molecule has 0 bridgehead atoms. The van der Waals surface area contributed by atoms with E-state index in [1.54, 1.807) is 18.0 Å². The van der Waals surface area contributed by atoms with Gasteiger partial charge >= 0.3 is 0 Å². The Kier molecular flexibility index (Phi) is 13.0. The van der Waals surface area contributed by atoms with E-state index in [4.69, 9.17) is 5.10 Å². The summed E-state index contributed by atoms with van der Waals surface area (Å²) >= 11 is 1.65. The van der Waals surface area contributed by atoms with Crippen LogP contribution in [0.3, 0.4) is 0 Å². The van der Waals surface area contributed by atoms with Gasteiger partial charge in [0, 0.05) is 101 Å². The number of hydrogen-bond acceptors (Lipinski definition) is 7. The maximum absolute atomic E-state index is 14.2. The topological polar surface area (TPSA) is 69.8 Å². The molecule has 3 heterocycles. The van der Waals surface area contributed by atoms with Crippen LogP contribution in [0.2, 0.25) is 0 Å². The monoisotopic (exact) mass is 1130 g/mol. The van der Waals surface area contributed by atoms with E-state index >= 15 is 0 Å². The number of para-hydroxylation sites is 1. The predicted molar refractivity (Wildman–Crippen MR) is 154 cm³/mol. The molecule has 0 aliphatic carbocycles. The third-order valence-corrected chi connectivity index (χ3v) is 8.93. The van der Waals surface area contributed by atoms with E-state index in [1.165, 1.54) is 23.1 Å². The molecular formula is C30H26F4Hf3N6OS-2. The SMILES string of the molecule is CC1c2ccccc2N2C(SCC2(C)O)N1/N=C/c1ccc(-c2ncn(-c3ccc(C(F)([CH-]F)[C-](F)F)cc3)n2)cc1.[Hf].[Hf].[Hf]. The summed E-state index contributed by atoms with van der Waals surface area (Å²) in [5.74, 6) is 0.981. The molecule has 2 aliphatic rings. The van der Waals surface area contributed by atoms with Crippen LogP contribution in [0.15, 0.2) is 84.2 Å². The van der Waals surface area contributed by atoms with Crippen LogP contribution < -0.4 is 4.90 Å². The summed E-state index contributed by atoms with van der Waals surface area (Å²) in [5.41, 5.74) is -1.07. The molecule has 4 aromatic rings. The molecular weight excluding hydrogens is 1100 g/mol. The van der Waals surface area contributed by atoms with Crippen molar-refractivity contribution in [3.63, 3.8) is 0 Å². The minimum Gasteiger partial charge on any atom is -0.458 e. The second kappa shape index (κ2) is 15.3. The van der Waals surface area contributed by atoms with E-state index in [1.807, 2.05) is 59.3 Å². The maximum atomic E-state index is 14.2. The van der Waals surface area contributed by atoms with Gasteiger partial charge in [-0.1, -0.05) is 60.2 Å². The van der Waals surface area contributed by atoms with Gasteiger partial charge in [-0.05, 0) is 48.8 Å². The third-order valence-electron chi connectivity index (χ3n) is 7.49. The van der Waals surface area contributed by atoms with E-state index in [2.05, 4.69) is 23.1 Å². The molecule has 0 spiro atoms. The van der Waals surface area contributed by atoms with Gasteiger partial charge in [0.15, 0.2) is 11.3 Å². The number of rotatable bonds is 7. The molecule has 1 saturated heterocycles. The Morgan fingerprint density at radius 3 is 2.38 bits per heavy atom. The van der Waals surface area contributed by atoms with Crippen molar-refractivity contribution in [2.45, 2.75) is 36.8 Å². The summed E-state index contributed by atoms with van der Waals surface area (Å²) in [6.45, 7) is 3.26. The van der Waals surface area contributed by atoms with E-state index in [-0.39, 0.29) is 89.1 Å². The van der Waals surface area contributed by atoms with Gasteiger partial charge in [-0.25, -0.2) is 9.67 Å². The number of hydrazone groups is 1. The Morgan fingerprint density at radius 2 is 1.73 bits per heavy atom. The van der Waals surface area contributed by atoms with Crippen LogP contribution in [0, 0.1) is 13.1 Å². The van der Waals surface area contributed by atoms with Crippen molar-refractivity contribution in [3.8, 4) is 17.1 Å². The molecule has 0 amide bonds. The maximum Gasteiger partial charge on any atom is 0.181 e. The second-order valence-corrected chi connectivity index (χ2v) is 11.4. The first-order valence-corrected chi connectivity index (χ1v) is 14.2. The van der Waals surface area contributed by atoms with Crippen LogP contribution in [-0.4, -0.2) is 48.1 Å². The van der Waals surface area contributed by atoms with Crippen molar-refractivity contribution >= 4 is 23.7 Å². The molecule has 7 nitrogen and oxygen atoms in total. The fourth-order valence-electron chi connectivity index (χ4n) is 5.18. The van der Waals surface area contributed by atoms with Gasteiger partial charge in [0.2, 0.25) is 0 Å². The van der Waals surface area contributed by atoms with Crippen molar-refractivity contribution in [1.29, 1.82) is 0 Å². The molecule has 2 aliphatic heterocycles. The molecule has 4 atom stereocenters. The standard InChI is InChI=1S/C30H26F4N6OS.3Hf/c1-19-24-5-3-4-6-25(24)39-28(42-17-29(39,2)41)40(19)36-15-20-7-9-21(10-8-20)26-35-18-38(37-26)23-13-11-22(12-14-23)30(34,16-31)27(32)33;;;/h3-16,18-19,28,41H,17H2,1-2H3;;;/q-2;;;/b36-15+;;;. The molecule has 3 aromatic carbocycles. The molecule has 1 aromatic heterocycles. The molecule has 4 unspecified atom stereocenters. The summed E-state index contributed by atoms with van der Waals surface area (Å²) in [5, 5.41) is 22.3. The Hall–Kier alpha value is -1.29. The normalized spacial score (nSPS) is 21.8. The minimum absolute atomic E-state index is 0. The Bertz CT molecular complexity index is 1610. The van der Waals surface area contributed by atoms with E-state index in [0.29, 0.717) is 17.3 Å². The summed E-state index contributed by atoms with van der Waals surface area (Å²) in [7, 11) is 0. The molecule has 15 heteroatoms. The summed E-state index contributed by atoms with van der Waals surface area (Å²) in [6, 6.07) is 20.4. The molecule has 1 N–H and O–H groups in total. The van der Waals surface area contributed by atoms with Crippen molar-refractivity contribution in [3.05, 3.63) is 109 Å². The Balaban J connectivity index is 0.00000184. The van der Waals surface area contributed by atoms with Crippen molar-refractivity contribution < 1.29 is 100 Å². The quantitative estimate of drug-likeness (QED) is 0.0975. The summed E-state index contributed by atoms with van der Waals surface area (Å²) in [4.78, 5) is 6.34. The number of alkyl halides is 1. The first-order chi connectivity index (χ1) is 20.1. The second-order valence-electron chi connectivity index (χ2n) is 10.3. The zero-order valence-corrected chi connectivity index (χ0v) is 35.7. The third kappa shape index (κ3) is 7.26. The van der Waals surface area contributed by atoms with Crippen LogP contribution in [0.5, 0.6) is 0 Å². The summed E-state index contributed by atoms with van der Waals surface area (Å²) < 4.78 is 54.3. The van der Waals surface area contributed by atoms with Crippen molar-refractivity contribution in [1.82, 2.24) is 19.8 Å². The average Bonchev–Trinajstić information content (AvgIpc) is 3.62. The number of halogens is 4. The van der Waals surface area contributed by atoms with Crippen LogP contribution in [0.25, 0.3) is 17.1 Å². The number of anilines is 1. The Labute approximate surface area is 319 Å². The zero-order valence-electron chi connectivity index (χ0n) is 24.1. The molecule has 0 saturated carbocycles. The number of benzene rings is 3. The number of aliphatic hydroxyl groups is 1. The van der Waals surface area contributed by atoms with E-state index in [9.17, 15) is 22.7 Å². The molecule has 230 valence electrons. The minimum atomic E-state index is -3.55. The number of fused-ring (bicyclic) bond motifs is 3. The summed E-state index contributed by atoms with van der Waals surface area (Å²) in [6.07, 6.45) is 0.545. The van der Waals surface area contributed by atoms with Crippen LogP contribution in [0.4, 0.5) is 23.2 Å². The number of thioether (sulfide) groups is 1. The van der Waals surface area contributed by atoms with Gasteiger partial charge in [-0.15, -0.1) is 16.9 Å². The van der Waals surface area contributed by atoms with Crippen LogP contribution in [-0.2, 0) is 83.2 Å². The van der Waals surface area contributed by atoms with Gasteiger partial charge in [0.05, 0.1) is 17.9 Å². The molecule has 45 heavy (non-hydrogen) atoms. The predicted octanol–water partition coefficient (Wildman–Crippen LogP) is 6.61.